The number of anilines is 1. The van der Waals surface area contributed by atoms with E-state index in [1.807, 2.05) is 25.1 Å². The van der Waals surface area contributed by atoms with Gasteiger partial charge in [-0.25, -0.2) is 9.78 Å². The summed E-state index contributed by atoms with van der Waals surface area (Å²) < 4.78 is 1.76. The van der Waals surface area contributed by atoms with Crippen LogP contribution >= 0.6 is 0 Å². The highest BCUT2D eigenvalue weighted by atomic mass is 16.7. The molecule has 2 aromatic carbocycles. The van der Waals surface area contributed by atoms with E-state index in [0.29, 0.717) is 35.6 Å². The molecule has 10 nitrogen and oxygen atoms in total. The summed E-state index contributed by atoms with van der Waals surface area (Å²) in [5.41, 5.74) is 3.58. The third-order valence-corrected chi connectivity index (χ3v) is 6.41. The first-order valence-electron chi connectivity index (χ1n) is 11.7. The molecule has 1 aliphatic heterocycles. The lowest BCUT2D eigenvalue weighted by molar-refractivity contribution is 0.0503. The first kappa shape index (κ1) is 23.3. The van der Waals surface area contributed by atoms with E-state index in [2.05, 4.69) is 15.3 Å². The van der Waals surface area contributed by atoms with Gasteiger partial charge in [-0.15, -0.1) is 0 Å². The lowest BCUT2D eigenvalue weighted by atomic mass is 10.0. The molecule has 0 unspecified atom stereocenters. The Morgan fingerprint density at radius 1 is 1.08 bits per heavy atom. The maximum absolute atomic E-state index is 13.0. The quantitative estimate of drug-likeness (QED) is 0.366. The highest BCUT2D eigenvalue weighted by molar-refractivity contribution is 5.98. The fourth-order valence-electron chi connectivity index (χ4n) is 4.47. The fourth-order valence-corrected chi connectivity index (χ4v) is 4.47. The van der Waals surface area contributed by atoms with Gasteiger partial charge in [-0.2, -0.15) is 15.5 Å². The number of amides is 1. The van der Waals surface area contributed by atoms with Crippen molar-refractivity contribution < 1.29 is 19.5 Å². The molecule has 1 fully saturated rings. The molecule has 2 aromatic heterocycles. The van der Waals surface area contributed by atoms with E-state index >= 15 is 0 Å². The predicted octanol–water partition coefficient (Wildman–Crippen LogP) is 3.16. The lowest BCUT2D eigenvalue weighted by Gasteiger charge is -2.33. The van der Waals surface area contributed by atoms with Crippen molar-refractivity contribution in [2.45, 2.75) is 25.8 Å². The van der Waals surface area contributed by atoms with Gasteiger partial charge in [0.05, 0.1) is 17.5 Å². The van der Waals surface area contributed by atoms with Crippen molar-refractivity contribution in [3.63, 3.8) is 0 Å². The van der Waals surface area contributed by atoms with Gasteiger partial charge in [0.15, 0.2) is 5.65 Å². The topological polar surface area (TPSA) is 135 Å². The Morgan fingerprint density at radius 2 is 1.83 bits per heavy atom. The minimum absolute atomic E-state index is 0.111. The molecule has 0 atom stereocenters. The monoisotopic (exact) mass is 486 g/mol. The molecule has 36 heavy (non-hydrogen) atoms. The molecule has 3 heterocycles. The first-order chi connectivity index (χ1) is 17.4. The van der Waals surface area contributed by atoms with E-state index in [-0.39, 0.29) is 23.3 Å². The number of carbonyl (C=O) groups is 2. The number of piperidine rings is 1. The number of likely N-dealkylation sites (tertiary alicyclic amines) is 1. The second kappa shape index (κ2) is 9.67. The molecule has 4 N–H and O–H groups in total. The number of fused-ring (bicyclic) bond motifs is 1. The number of aryl methyl sites for hydroxylation is 1. The van der Waals surface area contributed by atoms with Crippen molar-refractivity contribution in [2.75, 3.05) is 18.4 Å². The summed E-state index contributed by atoms with van der Waals surface area (Å²) in [6, 6.07) is 15.5. The van der Waals surface area contributed by atoms with Crippen molar-refractivity contribution in [3.8, 4) is 17.0 Å². The molecule has 0 spiro atoms. The molecule has 0 aliphatic carbocycles. The van der Waals surface area contributed by atoms with Crippen molar-refractivity contribution in [3.05, 3.63) is 77.5 Å². The molecule has 4 aromatic rings. The maximum Gasteiger partial charge on any atom is 0.356 e. The van der Waals surface area contributed by atoms with Gasteiger partial charge in [-0.1, -0.05) is 18.2 Å². The number of benzene rings is 2. The van der Waals surface area contributed by atoms with Gasteiger partial charge in [-0.05, 0) is 50.1 Å². The Morgan fingerprint density at radius 3 is 2.58 bits per heavy atom. The van der Waals surface area contributed by atoms with Crippen molar-refractivity contribution in [1.29, 1.82) is 0 Å². The smallest absolute Gasteiger partial charge is 0.356 e. The Balaban J connectivity index is 1.32. The molecule has 1 saturated heterocycles. The van der Waals surface area contributed by atoms with Crippen LogP contribution in [0.15, 0.2) is 60.8 Å². The number of nitrogens with zero attached hydrogens (tertiary/aromatic N) is 4. The van der Waals surface area contributed by atoms with Gasteiger partial charge in [0.2, 0.25) is 0 Å². The highest BCUT2D eigenvalue weighted by Gasteiger charge is 2.25. The minimum Gasteiger partial charge on any atom is -0.507 e. The molecule has 184 valence electrons. The summed E-state index contributed by atoms with van der Waals surface area (Å²) >= 11 is 0. The van der Waals surface area contributed by atoms with E-state index in [9.17, 15) is 14.7 Å². The second-order valence-electron chi connectivity index (χ2n) is 8.80. The lowest BCUT2D eigenvalue weighted by Crippen LogP contribution is -2.42. The number of hydrogen-bond acceptors (Lipinski definition) is 8. The van der Waals surface area contributed by atoms with Crippen molar-refractivity contribution in [1.82, 2.24) is 19.5 Å². The van der Waals surface area contributed by atoms with Crippen LogP contribution < -0.4 is 11.2 Å². The summed E-state index contributed by atoms with van der Waals surface area (Å²) in [7, 11) is 0. The molecule has 1 aliphatic rings. The zero-order valence-electron chi connectivity index (χ0n) is 19.7. The van der Waals surface area contributed by atoms with Crippen LogP contribution in [-0.2, 0) is 4.84 Å². The molecule has 5 rings (SSSR count). The average Bonchev–Trinajstić information content (AvgIpc) is 3.29. The summed E-state index contributed by atoms with van der Waals surface area (Å²) in [6.07, 6.45) is 3.22. The molecular formula is C26H26N6O4. The second-order valence-corrected chi connectivity index (χ2v) is 8.80. The fraction of sp³-hybridized carbons (Fsp3) is 0.231. The van der Waals surface area contributed by atoms with Crippen LogP contribution in [0.5, 0.6) is 5.75 Å². The Kier molecular flexibility index (Phi) is 6.26. The first-order valence-corrected chi connectivity index (χ1v) is 11.7. The number of aromatic nitrogens is 3. The number of aromatic hydroxyl groups is 1. The summed E-state index contributed by atoms with van der Waals surface area (Å²) in [4.78, 5) is 35.5. The molecule has 0 radical (unpaired) electrons. The van der Waals surface area contributed by atoms with E-state index in [0.717, 1.165) is 24.2 Å². The van der Waals surface area contributed by atoms with Crippen LogP contribution in [0, 0.1) is 6.92 Å². The number of rotatable bonds is 5. The van der Waals surface area contributed by atoms with Crippen LogP contribution in [0.25, 0.3) is 16.9 Å². The standard InChI is InChI=1S/C26H26N6O4/c1-16-15-28-32-23(14-21(30-24(16)32)20-7-2-3-8-22(20)33)29-19-9-11-31(12-10-19)25(34)17-5-4-6-18(13-17)26(35)36-27/h2-8,13-15,19,29,33H,9-12,27H2,1H3. The summed E-state index contributed by atoms with van der Waals surface area (Å²) in [6.45, 7) is 3.06. The van der Waals surface area contributed by atoms with Gasteiger partial charge >= 0.3 is 5.97 Å². The van der Waals surface area contributed by atoms with E-state index in [1.165, 1.54) is 6.07 Å². The van der Waals surface area contributed by atoms with Crippen LogP contribution in [0.3, 0.4) is 0 Å². The molecule has 1 amide bonds. The molecular weight excluding hydrogens is 460 g/mol. The minimum atomic E-state index is -0.687. The van der Waals surface area contributed by atoms with Crippen LogP contribution in [0.4, 0.5) is 5.82 Å². The van der Waals surface area contributed by atoms with Crippen molar-refractivity contribution >= 4 is 23.3 Å². The normalized spacial score (nSPS) is 14.1. The zero-order chi connectivity index (χ0) is 25.2. The average molecular weight is 487 g/mol. The number of phenols is 1. The predicted molar refractivity (Wildman–Crippen MR) is 133 cm³/mol. The molecule has 0 bridgehead atoms. The van der Waals surface area contributed by atoms with Gasteiger partial charge in [-0.3, -0.25) is 4.79 Å². The molecule has 0 saturated carbocycles. The summed E-state index contributed by atoms with van der Waals surface area (Å²) in [5.74, 6) is 5.06. The third-order valence-electron chi connectivity index (χ3n) is 6.41. The van der Waals surface area contributed by atoms with E-state index in [1.54, 1.807) is 45.9 Å². The number of nitrogens with one attached hydrogen (secondary N) is 1. The Bertz CT molecular complexity index is 1440. The van der Waals surface area contributed by atoms with Crippen molar-refractivity contribution in [2.24, 2.45) is 5.90 Å². The number of carbonyl (C=O) groups excluding carboxylic acids is 2. The van der Waals surface area contributed by atoms with Crippen LogP contribution in [0.1, 0.15) is 39.1 Å². The third kappa shape index (κ3) is 4.46. The van der Waals surface area contributed by atoms with E-state index in [4.69, 9.17) is 10.9 Å². The SMILES string of the molecule is Cc1cnn2c(NC3CCN(C(=O)c4cccc(C(=O)ON)c4)CC3)cc(-c3ccccc3O)nc12. The molecule has 10 heteroatoms. The number of nitrogens with two attached hydrogens (primary N) is 1. The largest absolute Gasteiger partial charge is 0.507 e. The number of hydrogen-bond donors (Lipinski definition) is 3. The van der Waals surface area contributed by atoms with Gasteiger partial charge < -0.3 is 20.2 Å². The van der Waals surface area contributed by atoms with Gasteiger partial charge in [0, 0.05) is 41.9 Å². The zero-order valence-corrected chi connectivity index (χ0v) is 19.7. The summed E-state index contributed by atoms with van der Waals surface area (Å²) in [5, 5.41) is 18.4. The Hall–Kier alpha value is -4.44. The maximum atomic E-state index is 13.0. The van der Waals surface area contributed by atoms with Crippen LogP contribution in [-0.4, -0.2) is 55.6 Å². The van der Waals surface area contributed by atoms with Gasteiger partial charge in [0.25, 0.3) is 5.91 Å². The highest BCUT2D eigenvalue weighted by Crippen LogP contribution is 2.30. The number of phenolic OH excluding ortho intramolecular Hbond substituents is 1. The van der Waals surface area contributed by atoms with Crippen LogP contribution in [0.2, 0.25) is 0 Å². The number of para-hydroxylation sites is 1. The van der Waals surface area contributed by atoms with Gasteiger partial charge in [0.1, 0.15) is 11.6 Å². The Labute approximate surface area is 207 Å². The van der Waals surface area contributed by atoms with E-state index < -0.39 is 5.97 Å².